The van der Waals surface area contributed by atoms with Crippen LogP contribution in [0.15, 0.2) is 35.7 Å². The van der Waals surface area contributed by atoms with Crippen molar-refractivity contribution in [2.24, 2.45) is 56.0 Å². The van der Waals surface area contributed by atoms with Gasteiger partial charge in [-0.3, -0.25) is 29.1 Å². The first kappa shape index (κ1) is 43.5. The van der Waals surface area contributed by atoms with Crippen LogP contribution in [0.2, 0.25) is 0 Å². The Morgan fingerprint density at radius 2 is 1.68 bits per heavy atom. The van der Waals surface area contributed by atoms with Crippen LogP contribution in [0.4, 0.5) is 0 Å². The van der Waals surface area contributed by atoms with Gasteiger partial charge in [0.25, 0.3) is 0 Å². The fraction of sp³-hybridized carbons (Fsp3) is 0.766. The third kappa shape index (κ3) is 7.00. The number of carbonyl (C=O) groups excluding carboxylic acids is 3. The number of rotatable bonds is 12. The lowest BCUT2D eigenvalue weighted by Gasteiger charge is -2.74. The Hall–Kier alpha value is -3.11. The monoisotopic (exact) mass is 789 g/mol. The summed E-state index contributed by atoms with van der Waals surface area (Å²) in [6, 6.07) is 3.99. The number of ether oxygens (including phenoxy) is 1. The molecule has 6 rings (SSSR count). The van der Waals surface area contributed by atoms with Gasteiger partial charge in [0.2, 0.25) is 5.91 Å². The standard InChI is InChI=1S/C47H72N4O6/c1-30(2)38-32(52)25-46(22-24-51(29-36(53)50(10)11)28-31-13-12-23-49-27-31)21-20-45(9)44(8)18-14-33-42(5,6)35(57-37(54)26-41(3,4)40(55)56)16-17-43(33,7)34(44)15-19-47(45,48)39(38)46/h12-13,23,27,30,33-35H,14-22,24-26,28-29,48H2,1-11H3,(H,55,56)/t33-,34+,35-,43-,44+,45-,46+,47-/m0/s1. The number of Topliss-reactive ketones (excluding diaryl/α,β-unsaturated/α-hetero) is 1. The molecular weight excluding hydrogens is 717 g/mol. The summed E-state index contributed by atoms with van der Waals surface area (Å²) in [4.78, 5) is 60.6. The molecule has 0 spiro atoms. The Morgan fingerprint density at radius 1 is 1.00 bits per heavy atom. The highest BCUT2D eigenvalue weighted by molar-refractivity contribution is 6.01. The number of carbonyl (C=O) groups is 4. The summed E-state index contributed by atoms with van der Waals surface area (Å²) in [6.07, 6.45) is 11.8. The van der Waals surface area contributed by atoms with Gasteiger partial charge in [-0.25, -0.2) is 0 Å². The van der Waals surface area contributed by atoms with Gasteiger partial charge in [0.15, 0.2) is 5.78 Å². The van der Waals surface area contributed by atoms with Crippen molar-refractivity contribution >= 4 is 23.6 Å². The summed E-state index contributed by atoms with van der Waals surface area (Å²) >= 11 is 0. The second-order valence-electron chi connectivity index (χ2n) is 21.5. The van der Waals surface area contributed by atoms with Crippen molar-refractivity contribution in [3.8, 4) is 0 Å². The summed E-state index contributed by atoms with van der Waals surface area (Å²) in [5.74, 6) is -0.324. The van der Waals surface area contributed by atoms with Gasteiger partial charge in [0, 0.05) is 55.8 Å². The van der Waals surface area contributed by atoms with Crippen molar-refractivity contribution in [3.63, 3.8) is 0 Å². The highest BCUT2D eigenvalue weighted by atomic mass is 16.5. The van der Waals surface area contributed by atoms with Gasteiger partial charge in [-0.05, 0) is 135 Å². The first-order chi connectivity index (χ1) is 26.4. The number of ketones is 1. The molecule has 4 fully saturated rings. The maximum atomic E-state index is 14.3. The zero-order valence-electron chi connectivity index (χ0n) is 36.9. The van der Waals surface area contributed by atoms with Crippen LogP contribution in [0.5, 0.6) is 0 Å². The van der Waals surface area contributed by atoms with Crippen LogP contribution in [-0.2, 0) is 30.5 Å². The molecule has 0 aliphatic heterocycles. The first-order valence-corrected chi connectivity index (χ1v) is 21.7. The van der Waals surface area contributed by atoms with Gasteiger partial charge in [0.1, 0.15) is 6.10 Å². The number of carboxylic acid groups (broad SMARTS) is 1. The predicted octanol–water partition coefficient (Wildman–Crippen LogP) is 7.84. The van der Waals surface area contributed by atoms with Gasteiger partial charge in [-0.15, -0.1) is 0 Å². The van der Waals surface area contributed by atoms with Crippen molar-refractivity contribution in [1.82, 2.24) is 14.8 Å². The van der Waals surface area contributed by atoms with E-state index in [-0.39, 0.29) is 57.2 Å². The molecule has 0 aromatic carbocycles. The third-order valence-electron chi connectivity index (χ3n) is 17.1. The zero-order valence-corrected chi connectivity index (χ0v) is 36.9. The van der Waals surface area contributed by atoms with Crippen molar-refractivity contribution < 1.29 is 29.0 Å². The van der Waals surface area contributed by atoms with E-state index in [9.17, 15) is 24.3 Å². The highest BCUT2D eigenvalue weighted by Gasteiger charge is 2.74. The van der Waals surface area contributed by atoms with Gasteiger partial charge >= 0.3 is 11.9 Å². The molecule has 0 unspecified atom stereocenters. The maximum Gasteiger partial charge on any atom is 0.309 e. The third-order valence-corrected chi connectivity index (χ3v) is 17.1. The van der Waals surface area contributed by atoms with E-state index in [4.69, 9.17) is 10.5 Å². The summed E-state index contributed by atoms with van der Waals surface area (Å²) in [6.45, 7) is 21.1. The van der Waals surface area contributed by atoms with Gasteiger partial charge in [0.05, 0.1) is 18.4 Å². The van der Waals surface area contributed by atoms with Crippen LogP contribution < -0.4 is 5.73 Å². The quantitative estimate of drug-likeness (QED) is 0.203. The van der Waals surface area contributed by atoms with E-state index in [0.29, 0.717) is 37.9 Å². The van der Waals surface area contributed by atoms with Gasteiger partial charge in [-0.1, -0.05) is 54.5 Å². The summed E-state index contributed by atoms with van der Waals surface area (Å²) in [5, 5.41) is 9.65. The topological polar surface area (TPSA) is 143 Å². The SMILES string of the molecule is CC(C)C1=C2[C@@](CCN(CC(=O)N(C)C)Cc3cccnc3)(CC[C@]3(C)[C@]2(N)CC[C@@H]2[C@@]4(C)CC[C@H](OC(=O)CC(C)(C)C(=O)O)C(C)(C)[C@@H]4CC[C@]23C)CC1=O. The number of amides is 1. The van der Waals surface area contributed by atoms with Gasteiger partial charge < -0.3 is 20.5 Å². The number of fused-ring (bicyclic) bond motifs is 7. The second-order valence-corrected chi connectivity index (χ2v) is 21.5. The maximum absolute atomic E-state index is 14.3. The molecule has 1 aromatic rings. The summed E-state index contributed by atoms with van der Waals surface area (Å²) in [7, 11) is 3.60. The number of pyridine rings is 1. The Morgan fingerprint density at radius 3 is 2.30 bits per heavy atom. The van der Waals surface area contributed by atoms with Crippen LogP contribution in [0.3, 0.4) is 0 Å². The van der Waals surface area contributed by atoms with Crippen molar-refractivity contribution in [3.05, 3.63) is 41.2 Å². The number of esters is 1. The summed E-state index contributed by atoms with van der Waals surface area (Å²) in [5.41, 5.74) is 8.61. The van der Waals surface area contributed by atoms with E-state index in [1.807, 2.05) is 12.3 Å². The smallest absolute Gasteiger partial charge is 0.309 e. The summed E-state index contributed by atoms with van der Waals surface area (Å²) < 4.78 is 6.19. The van der Waals surface area contributed by atoms with Gasteiger partial charge in [-0.2, -0.15) is 0 Å². The van der Waals surface area contributed by atoms with Crippen LogP contribution in [0.25, 0.3) is 0 Å². The number of allylic oxidation sites excluding steroid dienone is 1. The van der Waals surface area contributed by atoms with Crippen LogP contribution in [0, 0.1) is 50.2 Å². The molecule has 10 nitrogen and oxygen atoms in total. The molecule has 0 bridgehead atoms. The normalized spacial score (nSPS) is 36.0. The minimum absolute atomic E-state index is 0.00510. The highest BCUT2D eigenvalue weighted by Crippen LogP contribution is 2.77. The van der Waals surface area contributed by atoms with Crippen LogP contribution in [0.1, 0.15) is 139 Å². The van der Waals surface area contributed by atoms with Crippen molar-refractivity contribution in [2.45, 2.75) is 151 Å². The first-order valence-electron chi connectivity index (χ1n) is 21.7. The van der Waals surface area contributed by atoms with Crippen molar-refractivity contribution in [1.29, 1.82) is 0 Å². The average Bonchev–Trinajstić information content (AvgIpc) is 3.43. The molecule has 1 aromatic heterocycles. The second kappa shape index (κ2) is 14.9. The molecule has 1 heterocycles. The predicted molar refractivity (Wildman–Crippen MR) is 222 cm³/mol. The molecule has 316 valence electrons. The van der Waals surface area contributed by atoms with E-state index in [0.717, 1.165) is 68.9 Å². The fourth-order valence-electron chi connectivity index (χ4n) is 13.7. The molecule has 10 heteroatoms. The minimum Gasteiger partial charge on any atom is -0.481 e. The number of nitrogens with zero attached hydrogens (tertiary/aromatic N) is 3. The van der Waals surface area contributed by atoms with Crippen LogP contribution in [-0.4, -0.2) is 82.3 Å². The molecule has 4 saturated carbocycles. The Labute approximate surface area is 342 Å². The molecule has 5 aliphatic carbocycles. The molecule has 0 saturated heterocycles. The molecule has 3 N–H and O–H groups in total. The van der Waals surface area contributed by atoms with E-state index >= 15 is 0 Å². The Balaban J connectivity index is 1.30. The number of likely N-dealkylation sites (N-methyl/N-ethyl adjacent to an activating group) is 1. The lowest BCUT2D eigenvalue weighted by molar-refractivity contribution is -0.237. The Kier molecular flexibility index (Phi) is 11.3. The number of aromatic nitrogens is 1. The molecule has 57 heavy (non-hydrogen) atoms. The lowest BCUT2D eigenvalue weighted by atomic mass is 9.31. The van der Waals surface area contributed by atoms with E-state index < -0.39 is 22.9 Å². The number of carboxylic acids is 1. The number of hydrogen-bond donors (Lipinski definition) is 2. The molecule has 1 amide bonds. The number of nitrogens with two attached hydrogens (primary N) is 1. The van der Waals surface area contributed by atoms with E-state index in [1.165, 1.54) is 5.57 Å². The van der Waals surface area contributed by atoms with E-state index in [2.05, 4.69) is 64.4 Å². The van der Waals surface area contributed by atoms with Crippen LogP contribution >= 0.6 is 0 Å². The number of hydrogen-bond acceptors (Lipinski definition) is 8. The zero-order chi connectivity index (χ0) is 42.1. The average molecular weight is 789 g/mol. The molecular formula is C47H72N4O6. The molecule has 0 radical (unpaired) electrons. The molecule has 5 aliphatic rings. The lowest BCUT2D eigenvalue weighted by Crippen LogP contribution is -2.74. The molecule has 8 atom stereocenters. The number of aliphatic carboxylic acids is 1. The largest absolute Gasteiger partial charge is 0.481 e. The Bertz CT molecular complexity index is 1790. The minimum atomic E-state index is -1.18. The fourth-order valence-corrected chi connectivity index (χ4v) is 13.7. The van der Waals surface area contributed by atoms with Crippen molar-refractivity contribution in [2.75, 3.05) is 27.2 Å². The van der Waals surface area contributed by atoms with E-state index in [1.54, 1.807) is 39.0 Å².